The van der Waals surface area contributed by atoms with Gasteiger partial charge in [-0.15, -0.1) is 0 Å². The fraction of sp³-hybridized carbons (Fsp3) is 0.478. The molecule has 8 N–H and O–H groups in total. The molecule has 0 bridgehead atoms. The number of benzene rings is 1. The van der Waals surface area contributed by atoms with Gasteiger partial charge in [-0.05, 0) is 37.0 Å². The van der Waals surface area contributed by atoms with Crippen molar-refractivity contribution in [1.29, 1.82) is 0 Å². The third-order valence-corrected chi connectivity index (χ3v) is 6.21. The van der Waals surface area contributed by atoms with E-state index >= 15 is 0 Å². The summed E-state index contributed by atoms with van der Waals surface area (Å²) in [5, 5.41) is 17.0. The van der Waals surface area contributed by atoms with Crippen LogP contribution in [0.5, 0.6) is 5.75 Å². The molecule has 2 heterocycles. The molecule has 13 heteroatoms. The number of nitrogens with two attached hydrogens (primary N) is 2. The lowest BCUT2D eigenvalue weighted by atomic mass is 10.0. The number of aromatic hydroxyl groups is 1. The van der Waals surface area contributed by atoms with Gasteiger partial charge in [0.05, 0.1) is 6.42 Å². The molecule has 4 atom stereocenters. The summed E-state index contributed by atoms with van der Waals surface area (Å²) in [5.74, 6) is -3.74. The zero-order valence-electron chi connectivity index (χ0n) is 19.6. The Hall–Kier alpha value is -4.16. The van der Waals surface area contributed by atoms with Crippen molar-refractivity contribution in [3.63, 3.8) is 0 Å². The van der Waals surface area contributed by atoms with Crippen molar-refractivity contribution in [3.05, 3.63) is 29.8 Å². The molecule has 0 aromatic heterocycles. The maximum absolute atomic E-state index is 13.3. The van der Waals surface area contributed by atoms with Crippen LogP contribution >= 0.6 is 0 Å². The molecule has 2 aliphatic rings. The van der Waals surface area contributed by atoms with Crippen LogP contribution in [-0.4, -0.2) is 76.2 Å². The maximum Gasteiger partial charge on any atom is 0.246 e. The Kier molecular flexibility index (Phi) is 8.46. The number of nitrogens with one attached hydrogen (secondary N) is 3. The second-order valence-corrected chi connectivity index (χ2v) is 8.91. The van der Waals surface area contributed by atoms with Crippen molar-refractivity contribution in [2.24, 2.45) is 11.5 Å². The van der Waals surface area contributed by atoms with Crippen LogP contribution in [0.3, 0.4) is 0 Å². The summed E-state index contributed by atoms with van der Waals surface area (Å²) in [4.78, 5) is 75.1. The van der Waals surface area contributed by atoms with E-state index < -0.39 is 60.1 Å². The van der Waals surface area contributed by atoms with Gasteiger partial charge in [0.25, 0.3) is 0 Å². The zero-order valence-corrected chi connectivity index (χ0v) is 19.6. The molecule has 0 saturated carbocycles. The van der Waals surface area contributed by atoms with E-state index in [1.165, 1.54) is 17.0 Å². The molecular weight excluding hydrogens is 472 g/mol. The second-order valence-electron chi connectivity index (χ2n) is 8.91. The fourth-order valence-electron chi connectivity index (χ4n) is 4.35. The summed E-state index contributed by atoms with van der Waals surface area (Å²) in [6, 6.07) is 1.91. The number of nitrogens with zero attached hydrogens (tertiary/aromatic N) is 1. The fourth-order valence-corrected chi connectivity index (χ4v) is 4.35. The lowest BCUT2D eigenvalue weighted by Gasteiger charge is -2.29. The monoisotopic (exact) mass is 502 g/mol. The van der Waals surface area contributed by atoms with Gasteiger partial charge < -0.3 is 37.4 Å². The molecule has 36 heavy (non-hydrogen) atoms. The highest BCUT2D eigenvalue weighted by molar-refractivity contribution is 5.98. The van der Waals surface area contributed by atoms with Crippen molar-refractivity contribution < 1.29 is 33.9 Å². The molecule has 194 valence electrons. The molecule has 2 fully saturated rings. The van der Waals surface area contributed by atoms with Crippen LogP contribution in [-0.2, 0) is 35.2 Å². The van der Waals surface area contributed by atoms with E-state index in [1.54, 1.807) is 12.1 Å². The smallest absolute Gasteiger partial charge is 0.246 e. The number of carbonyl (C=O) groups excluding carboxylic acids is 6. The van der Waals surface area contributed by atoms with Gasteiger partial charge in [0.15, 0.2) is 0 Å². The molecule has 13 nitrogen and oxygen atoms in total. The Morgan fingerprint density at radius 3 is 2.28 bits per heavy atom. The molecule has 6 amide bonds. The number of phenolic OH excluding ortho intramolecular Hbond substituents is 1. The lowest BCUT2D eigenvalue weighted by Crippen LogP contribution is -2.58. The number of rotatable bonds is 10. The highest BCUT2D eigenvalue weighted by Gasteiger charge is 2.40. The van der Waals surface area contributed by atoms with Gasteiger partial charge in [-0.25, -0.2) is 0 Å². The van der Waals surface area contributed by atoms with Crippen LogP contribution in [0.15, 0.2) is 24.3 Å². The molecule has 0 spiro atoms. The number of hydrogen-bond acceptors (Lipinski definition) is 7. The van der Waals surface area contributed by atoms with Gasteiger partial charge in [-0.2, -0.15) is 0 Å². The highest BCUT2D eigenvalue weighted by Crippen LogP contribution is 2.20. The van der Waals surface area contributed by atoms with Gasteiger partial charge in [-0.1, -0.05) is 12.1 Å². The van der Waals surface area contributed by atoms with E-state index in [0.717, 1.165) is 0 Å². The predicted molar refractivity (Wildman–Crippen MR) is 125 cm³/mol. The van der Waals surface area contributed by atoms with E-state index in [1.807, 2.05) is 0 Å². The summed E-state index contributed by atoms with van der Waals surface area (Å²) in [6.07, 6.45) is 0.811. The van der Waals surface area contributed by atoms with Crippen LogP contribution in [0.4, 0.5) is 0 Å². The molecule has 0 radical (unpaired) electrons. The summed E-state index contributed by atoms with van der Waals surface area (Å²) in [6.45, 7) is 0.196. The van der Waals surface area contributed by atoms with Crippen molar-refractivity contribution in [2.45, 2.75) is 62.7 Å². The molecule has 1 aromatic carbocycles. The Morgan fingerprint density at radius 2 is 1.69 bits per heavy atom. The minimum Gasteiger partial charge on any atom is -0.508 e. The van der Waals surface area contributed by atoms with Crippen LogP contribution in [0, 0.1) is 0 Å². The van der Waals surface area contributed by atoms with Crippen LogP contribution in [0.1, 0.15) is 37.7 Å². The second kappa shape index (κ2) is 11.5. The summed E-state index contributed by atoms with van der Waals surface area (Å²) in [5.41, 5.74) is 11.4. The first-order valence-electron chi connectivity index (χ1n) is 11.6. The van der Waals surface area contributed by atoms with Gasteiger partial charge in [0.1, 0.15) is 29.9 Å². The number of amides is 6. The number of phenols is 1. The standard InChI is InChI=1S/C23H30N6O7/c24-18(31)11-16(28-21(34)14-7-8-19(32)26-14)23(36)29-9-1-2-17(29)22(35)27-15(20(25)33)10-12-3-5-13(30)6-4-12/h3-6,14-17,30H,1-2,7-11H2,(H2,24,31)(H2,25,33)(H,26,32)(H,27,35)(H,28,34). The van der Waals surface area contributed by atoms with Crippen LogP contribution in [0.25, 0.3) is 0 Å². The third-order valence-electron chi connectivity index (χ3n) is 6.21. The van der Waals surface area contributed by atoms with Crippen molar-refractivity contribution in [3.8, 4) is 5.75 Å². The molecule has 0 aliphatic carbocycles. The normalized spacial score (nSPS) is 20.8. The van der Waals surface area contributed by atoms with Crippen molar-refractivity contribution in [1.82, 2.24) is 20.9 Å². The number of carbonyl (C=O) groups is 6. The Morgan fingerprint density at radius 1 is 1.03 bits per heavy atom. The van der Waals surface area contributed by atoms with E-state index in [2.05, 4.69) is 16.0 Å². The van der Waals surface area contributed by atoms with E-state index in [0.29, 0.717) is 18.4 Å². The quantitative estimate of drug-likeness (QED) is 0.203. The van der Waals surface area contributed by atoms with Crippen LogP contribution in [0.2, 0.25) is 0 Å². The molecule has 4 unspecified atom stereocenters. The topological polar surface area (TPSA) is 214 Å². The molecule has 2 saturated heterocycles. The Labute approximate surface area is 206 Å². The van der Waals surface area contributed by atoms with Gasteiger partial charge in [0, 0.05) is 19.4 Å². The number of hydrogen-bond donors (Lipinski definition) is 6. The lowest BCUT2D eigenvalue weighted by molar-refractivity contribution is -0.143. The SMILES string of the molecule is NC(=O)CC(NC(=O)C1CCC(=O)N1)C(=O)N1CCCC1C(=O)NC(Cc1ccc(O)cc1)C(N)=O. The predicted octanol–water partition coefficient (Wildman–Crippen LogP) is -2.47. The Bertz CT molecular complexity index is 1040. The third kappa shape index (κ3) is 6.71. The first kappa shape index (κ1) is 26.4. The average molecular weight is 503 g/mol. The van der Waals surface area contributed by atoms with Gasteiger partial charge in [-0.3, -0.25) is 28.8 Å². The Balaban J connectivity index is 1.69. The molecule has 2 aliphatic heterocycles. The van der Waals surface area contributed by atoms with Crippen molar-refractivity contribution >= 4 is 35.4 Å². The first-order chi connectivity index (χ1) is 17.0. The first-order valence-corrected chi connectivity index (χ1v) is 11.6. The van der Waals surface area contributed by atoms with E-state index in [9.17, 15) is 33.9 Å². The van der Waals surface area contributed by atoms with Gasteiger partial charge >= 0.3 is 0 Å². The van der Waals surface area contributed by atoms with Crippen molar-refractivity contribution in [2.75, 3.05) is 6.54 Å². The minimum absolute atomic E-state index is 0.0476. The zero-order chi connectivity index (χ0) is 26.4. The largest absolute Gasteiger partial charge is 0.508 e. The number of primary amides is 2. The summed E-state index contributed by atoms with van der Waals surface area (Å²) >= 11 is 0. The molecular formula is C23H30N6O7. The number of likely N-dealkylation sites (tertiary alicyclic amines) is 1. The minimum atomic E-state index is -1.31. The maximum atomic E-state index is 13.3. The molecule has 1 aromatic rings. The summed E-state index contributed by atoms with van der Waals surface area (Å²) < 4.78 is 0. The molecule has 3 rings (SSSR count). The highest BCUT2D eigenvalue weighted by atomic mass is 16.3. The van der Waals surface area contributed by atoms with Gasteiger partial charge in [0.2, 0.25) is 35.4 Å². The average Bonchev–Trinajstić information content (AvgIpc) is 3.48. The van der Waals surface area contributed by atoms with E-state index in [-0.39, 0.29) is 37.5 Å². The van der Waals surface area contributed by atoms with Crippen LogP contribution < -0.4 is 27.4 Å². The summed E-state index contributed by atoms with van der Waals surface area (Å²) in [7, 11) is 0. The van der Waals surface area contributed by atoms with E-state index in [4.69, 9.17) is 11.5 Å².